The average molecular weight is 381 g/mol. The molecule has 1 aromatic heterocycles. The molecule has 0 aliphatic heterocycles. The van der Waals surface area contributed by atoms with Gasteiger partial charge in [0.25, 0.3) is 0 Å². The van der Waals surface area contributed by atoms with Gasteiger partial charge in [0.2, 0.25) is 5.91 Å². The van der Waals surface area contributed by atoms with Crippen molar-refractivity contribution in [1.29, 1.82) is 0 Å². The van der Waals surface area contributed by atoms with Crippen molar-refractivity contribution >= 4 is 5.91 Å². The Bertz CT molecular complexity index is 871. The van der Waals surface area contributed by atoms with E-state index < -0.39 is 0 Å². The fraction of sp³-hybridized carbons (Fsp3) is 0.261. The molecule has 1 heterocycles. The van der Waals surface area contributed by atoms with Crippen molar-refractivity contribution in [2.24, 2.45) is 0 Å². The first-order chi connectivity index (χ1) is 13.5. The highest BCUT2D eigenvalue weighted by molar-refractivity contribution is 5.77. The van der Waals surface area contributed by atoms with Crippen molar-refractivity contribution in [3.63, 3.8) is 0 Å². The van der Waals surface area contributed by atoms with Gasteiger partial charge in [0, 0.05) is 12.3 Å². The second-order valence-corrected chi connectivity index (χ2v) is 6.90. The molecule has 0 spiro atoms. The summed E-state index contributed by atoms with van der Waals surface area (Å²) >= 11 is 0. The first-order valence-electron chi connectivity index (χ1n) is 9.32. The van der Waals surface area contributed by atoms with Crippen LogP contribution < -0.4 is 10.1 Å². The number of nitrogens with one attached hydrogen (secondary N) is 1. The molecule has 28 heavy (non-hydrogen) atoms. The number of benzene rings is 2. The van der Waals surface area contributed by atoms with Gasteiger partial charge < -0.3 is 14.5 Å². The van der Waals surface area contributed by atoms with Crippen molar-refractivity contribution in [2.75, 3.05) is 0 Å². The van der Waals surface area contributed by atoms with Crippen LogP contribution in [0, 0.1) is 5.82 Å². The zero-order valence-electron chi connectivity index (χ0n) is 16.0. The molecule has 1 N–H and O–H groups in total. The van der Waals surface area contributed by atoms with E-state index >= 15 is 0 Å². The van der Waals surface area contributed by atoms with E-state index in [1.165, 1.54) is 12.1 Å². The predicted octanol–water partition coefficient (Wildman–Crippen LogP) is 5.04. The topological polar surface area (TPSA) is 51.5 Å². The highest BCUT2D eigenvalue weighted by Crippen LogP contribution is 2.30. The molecule has 0 aliphatic carbocycles. The van der Waals surface area contributed by atoms with Crippen LogP contribution in [-0.2, 0) is 11.3 Å². The van der Waals surface area contributed by atoms with E-state index in [4.69, 9.17) is 9.15 Å². The zero-order valence-corrected chi connectivity index (χ0v) is 16.0. The molecule has 0 saturated carbocycles. The molecular weight excluding hydrogens is 357 g/mol. The van der Waals surface area contributed by atoms with Gasteiger partial charge in [0.05, 0.1) is 18.9 Å². The number of furan rings is 1. The lowest BCUT2D eigenvalue weighted by atomic mass is 9.88. The molecular formula is C23H24FNO3. The summed E-state index contributed by atoms with van der Waals surface area (Å²) in [5.41, 5.74) is 1.85. The Balaban J connectivity index is 1.76. The van der Waals surface area contributed by atoms with Crippen LogP contribution in [0.25, 0.3) is 0 Å². The predicted molar refractivity (Wildman–Crippen MR) is 106 cm³/mol. The molecule has 3 rings (SSSR count). The summed E-state index contributed by atoms with van der Waals surface area (Å²) in [6.45, 7) is 4.28. The number of halogens is 1. The highest BCUT2D eigenvalue weighted by atomic mass is 19.1. The van der Waals surface area contributed by atoms with Gasteiger partial charge in [-0.2, -0.15) is 0 Å². The van der Waals surface area contributed by atoms with E-state index in [1.54, 1.807) is 24.5 Å². The lowest BCUT2D eigenvalue weighted by Crippen LogP contribution is -2.24. The van der Waals surface area contributed by atoms with Crippen molar-refractivity contribution in [3.05, 3.63) is 89.6 Å². The van der Waals surface area contributed by atoms with Crippen LogP contribution in [0.1, 0.15) is 43.1 Å². The van der Waals surface area contributed by atoms with Gasteiger partial charge in [0.1, 0.15) is 17.3 Å². The second kappa shape index (κ2) is 9.22. The van der Waals surface area contributed by atoms with Gasteiger partial charge >= 0.3 is 0 Å². The third kappa shape index (κ3) is 5.46. The lowest BCUT2D eigenvalue weighted by molar-refractivity contribution is -0.121. The van der Waals surface area contributed by atoms with Crippen LogP contribution in [0.15, 0.2) is 71.3 Å². The molecule has 0 fully saturated rings. The molecule has 0 unspecified atom stereocenters. The maximum absolute atomic E-state index is 13.4. The summed E-state index contributed by atoms with van der Waals surface area (Å²) in [5.74, 6) is 0.879. The van der Waals surface area contributed by atoms with E-state index in [2.05, 4.69) is 5.32 Å². The minimum Gasteiger partial charge on any atom is -0.491 e. The van der Waals surface area contributed by atoms with Crippen molar-refractivity contribution in [3.8, 4) is 5.75 Å². The first kappa shape index (κ1) is 19.7. The van der Waals surface area contributed by atoms with Crippen LogP contribution in [-0.4, -0.2) is 12.0 Å². The van der Waals surface area contributed by atoms with Crippen molar-refractivity contribution < 1.29 is 18.3 Å². The zero-order chi connectivity index (χ0) is 19.9. The lowest BCUT2D eigenvalue weighted by Gasteiger charge is -2.19. The quantitative estimate of drug-likeness (QED) is 0.594. The van der Waals surface area contributed by atoms with Crippen LogP contribution in [0.3, 0.4) is 0 Å². The Morgan fingerprint density at radius 1 is 1.04 bits per heavy atom. The molecule has 146 valence electrons. The van der Waals surface area contributed by atoms with E-state index in [0.29, 0.717) is 12.3 Å². The summed E-state index contributed by atoms with van der Waals surface area (Å²) in [7, 11) is 0. The van der Waals surface area contributed by atoms with Gasteiger partial charge in [-0.25, -0.2) is 4.39 Å². The SMILES string of the molecule is CC(C)Oc1ccc([C@@H](CC(=O)NCc2ccco2)c2ccc(F)cc2)cc1. The molecule has 0 saturated heterocycles. The van der Waals surface area contributed by atoms with Gasteiger partial charge in [-0.05, 0) is 61.4 Å². The number of carbonyl (C=O) groups excluding carboxylic acids is 1. The van der Waals surface area contributed by atoms with Crippen LogP contribution in [0.2, 0.25) is 0 Å². The van der Waals surface area contributed by atoms with Gasteiger partial charge in [-0.15, -0.1) is 0 Å². The summed E-state index contributed by atoms with van der Waals surface area (Å²) in [6, 6.07) is 17.6. The van der Waals surface area contributed by atoms with Gasteiger partial charge in [-0.3, -0.25) is 4.79 Å². The highest BCUT2D eigenvalue weighted by Gasteiger charge is 2.19. The Morgan fingerprint density at radius 2 is 1.68 bits per heavy atom. The number of hydrogen-bond donors (Lipinski definition) is 1. The molecule has 2 aromatic carbocycles. The molecule has 0 aliphatic rings. The van der Waals surface area contributed by atoms with Gasteiger partial charge in [-0.1, -0.05) is 24.3 Å². The Morgan fingerprint density at radius 3 is 2.25 bits per heavy atom. The first-order valence-corrected chi connectivity index (χ1v) is 9.32. The normalized spacial score (nSPS) is 12.0. The van der Waals surface area contributed by atoms with Crippen LogP contribution >= 0.6 is 0 Å². The number of amides is 1. The van der Waals surface area contributed by atoms with Gasteiger partial charge in [0.15, 0.2) is 0 Å². The van der Waals surface area contributed by atoms with E-state index in [1.807, 2.05) is 44.2 Å². The van der Waals surface area contributed by atoms with Crippen LogP contribution in [0.4, 0.5) is 4.39 Å². The Hall–Kier alpha value is -3.08. The van der Waals surface area contributed by atoms with Crippen LogP contribution in [0.5, 0.6) is 5.75 Å². The van der Waals surface area contributed by atoms with E-state index in [-0.39, 0.29) is 30.2 Å². The fourth-order valence-corrected chi connectivity index (χ4v) is 3.03. The summed E-state index contributed by atoms with van der Waals surface area (Å²) < 4.78 is 24.3. The Kier molecular flexibility index (Phi) is 6.48. The van der Waals surface area contributed by atoms with Crippen molar-refractivity contribution in [2.45, 2.75) is 38.8 Å². The molecule has 5 heteroatoms. The molecule has 0 bridgehead atoms. The minimum atomic E-state index is -0.301. The minimum absolute atomic E-state index is 0.0890. The maximum atomic E-state index is 13.4. The molecule has 1 atom stereocenters. The Labute approximate surface area is 164 Å². The monoisotopic (exact) mass is 381 g/mol. The van der Waals surface area contributed by atoms with E-state index in [0.717, 1.165) is 16.9 Å². The standard InChI is InChI=1S/C23H24FNO3/c1-16(2)28-20-11-7-18(8-12-20)22(17-5-9-19(24)10-6-17)14-23(26)25-15-21-4-3-13-27-21/h3-13,16,22H,14-15H2,1-2H3,(H,25,26)/t22-/m0/s1. The number of ether oxygens (including phenoxy) is 1. The molecule has 1 amide bonds. The number of hydrogen-bond acceptors (Lipinski definition) is 3. The third-order valence-electron chi connectivity index (χ3n) is 4.36. The molecule has 3 aromatic rings. The maximum Gasteiger partial charge on any atom is 0.221 e. The molecule has 4 nitrogen and oxygen atoms in total. The summed E-state index contributed by atoms with van der Waals surface area (Å²) in [6.07, 6.45) is 1.91. The summed E-state index contributed by atoms with van der Waals surface area (Å²) in [4.78, 5) is 12.5. The number of rotatable bonds is 8. The summed E-state index contributed by atoms with van der Waals surface area (Å²) in [5, 5.41) is 2.87. The van der Waals surface area contributed by atoms with E-state index in [9.17, 15) is 9.18 Å². The third-order valence-corrected chi connectivity index (χ3v) is 4.36. The fourth-order valence-electron chi connectivity index (χ4n) is 3.03. The largest absolute Gasteiger partial charge is 0.491 e. The molecule has 0 radical (unpaired) electrons. The number of carbonyl (C=O) groups is 1. The average Bonchev–Trinajstić information content (AvgIpc) is 3.19. The van der Waals surface area contributed by atoms with Crippen molar-refractivity contribution in [1.82, 2.24) is 5.32 Å². The smallest absolute Gasteiger partial charge is 0.221 e. The second-order valence-electron chi connectivity index (χ2n) is 6.90.